The fourth-order valence-electron chi connectivity index (χ4n) is 1.94. The van der Waals surface area contributed by atoms with E-state index in [-0.39, 0.29) is 18.1 Å². The van der Waals surface area contributed by atoms with Crippen LogP contribution in [0, 0.1) is 5.92 Å². The summed E-state index contributed by atoms with van der Waals surface area (Å²) in [7, 11) is 0. The molecule has 26 heavy (non-hydrogen) atoms. The Morgan fingerprint density at radius 2 is 1.54 bits per heavy atom. The van der Waals surface area contributed by atoms with Crippen LogP contribution in [0.25, 0.3) is 0 Å². The molecule has 0 radical (unpaired) electrons. The van der Waals surface area contributed by atoms with Crippen LogP contribution in [0.1, 0.15) is 27.2 Å². The van der Waals surface area contributed by atoms with E-state index in [9.17, 15) is 24.3 Å². The Labute approximate surface area is 157 Å². The summed E-state index contributed by atoms with van der Waals surface area (Å²) in [5, 5.41) is 25.0. The molecule has 0 aliphatic carbocycles. The van der Waals surface area contributed by atoms with Crippen molar-refractivity contribution in [3.05, 3.63) is 0 Å². The van der Waals surface area contributed by atoms with Gasteiger partial charge in [-0.1, -0.05) is 13.8 Å². The number of aliphatic carboxylic acids is 1. The van der Waals surface area contributed by atoms with Crippen molar-refractivity contribution in [2.75, 3.05) is 12.3 Å². The molecule has 0 aromatic carbocycles. The number of nitrogens with one attached hydrogen (secondary N) is 3. The molecule has 0 fully saturated rings. The van der Waals surface area contributed by atoms with E-state index < -0.39 is 54.5 Å². The summed E-state index contributed by atoms with van der Waals surface area (Å²) in [4.78, 5) is 46.9. The van der Waals surface area contributed by atoms with Crippen LogP contribution in [0.5, 0.6) is 0 Å². The minimum absolute atomic E-state index is 0.0455. The molecule has 0 spiro atoms. The zero-order valence-electron chi connectivity index (χ0n) is 15.1. The SMILES string of the molecule is CC(C)CC(NC(=O)C(N)C(C)O)C(=O)NC(CS)C(=O)NCC(=O)O. The first-order chi connectivity index (χ1) is 12.0. The lowest BCUT2D eigenvalue weighted by atomic mass is 10.0. The smallest absolute Gasteiger partial charge is 0.322 e. The Kier molecular flexibility index (Phi) is 10.9. The Morgan fingerprint density at radius 3 is 1.96 bits per heavy atom. The highest BCUT2D eigenvalue weighted by molar-refractivity contribution is 7.80. The van der Waals surface area contributed by atoms with Crippen molar-refractivity contribution in [2.24, 2.45) is 11.7 Å². The Balaban J connectivity index is 5.02. The van der Waals surface area contributed by atoms with Gasteiger partial charge in [-0.2, -0.15) is 12.6 Å². The Morgan fingerprint density at radius 1 is 1.00 bits per heavy atom. The number of hydrogen-bond donors (Lipinski definition) is 7. The molecule has 3 amide bonds. The number of rotatable bonds is 11. The normalized spacial score (nSPS) is 15.5. The third kappa shape index (κ3) is 9.02. The fourth-order valence-corrected chi connectivity index (χ4v) is 2.20. The first kappa shape index (κ1) is 24.1. The highest BCUT2D eigenvalue weighted by Gasteiger charge is 2.29. The molecule has 4 unspecified atom stereocenters. The first-order valence-corrected chi connectivity index (χ1v) is 8.77. The van der Waals surface area contributed by atoms with Crippen LogP contribution in [-0.4, -0.2) is 70.4 Å². The molecule has 0 aromatic heterocycles. The second-order valence-electron chi connectivity index (χ2n) is 6.31. The van der Waals surface area contributed by atoms with Gasteiger partial charge in [0, 0.05) is 5.75 Å². The van der Waals surface area contributed by atoms with Gasteiger partial charge in [0.2, 0.25) is 17.7 Å². The minimum atomic E-state index is -1.22. The molecule has 4 atom stereocenters. The lowest BCUT2D eigenvalue weighted by Crippen LogP contribution is -2.58. The maximum absolute atomic E-state index is 12.5. The van der Waals surface area contributed by atoms with E-state index in [1.807, 2.05) is 13.8 Å². The molecule has 150 valence electrons. The van der Waals surface area contributed by atoms with Gasteiger partial charge in [0.15, 0.2) is 0 Å². The zero-order chi connectivity index (χ0) is 20.4. The van der Waals surface area contributed by atoms with E-state index in [1.165, 1.54) is 6.92 Å². The zero-order valence-corrected chi connectivity index (χ0v) is 16.0. The van der Waals surface area contributed by atoms with Gasteiger partial charge in [-0.15, -0.1) is 0 Å². The predicted molar refractivity (Wildman–Crippen MR) is 97.5 cm³/mol. The highest BCUT2D eigenvalue weighted by Crippen LogP contribution is 2.06. The number of hydrogen-bond acceptors (Lipinski definition) is 7. The lowest BCUT2D eigenvalue weighted by molar-refractivity contribution is -0.138. The molecule has 0 saturated heterocycles. The number of carboxylic acids is 1. The van der Waals surface area contributed by atoms with E-state index in [4.69, 9.17) is 10.8 Å². The molecule has 7 N–H and O–H groups in total. The quantitative estimate of drug-likeness (QED) is 0.196. The Hall–Kier alpha value is -1.85. The molecule has 0 heterocycles. The highest BCUT2D eigenvalue weighted by atomic mass is 32.1. The second kappa shape index (κ2) is 11.7. The number of carboxylic acid groups (broad SMARTS) is 1. The van der Waals surface area contributed by atoms with Crippen LogP contribution in [0.4, 0.5) is 0 Å². The second-order valence-corrected chi connectivity index (χ2v) is 6.68. The molecule has 0 aliphatic rings. The van der Waals surface area contributed by atoms with Gasteiger partial charge in [0.1, 0.15) is 24.7 Å². The van der Waals surface area contributed by atoms with Crippen molar-refractivity contribution in [2.45, 2.75) is 51.4 Å². The van der Waals surface area contributed by atoms with E-state index in [1.54, 1.807) is 0 Å². The summed E-state index contributed by atoms with van der Waals surface area (Å²) in [5.74, 6) is -3.27. The van der Waals surface area contributed by atoms with Crippen LogP contribution < -0.4 is 21.7 Å². The average Bonchev–Trinajstić information content (AvgIpc) is 2.55. The summed E-state index contributed by atoms with van der Waals surface area (Å²) in [5.41, 5.74) is 5.56. The topological polar surface area (TPSA) is 171 Å². The summed E-state index contributed by atoms with van der Waals surface area (Å²) in [6.07, 6.45) is -0.815. The number of carbonyl (C=O) groups is 4. The van der Waals surface area contributed by atoms with Crippen molar-refractivity contribution in [1.82, 2.24) is 16.0 Å². The number of aliphatic hydroxyl groups excluding tert-OH is 1. The van der Waals surface area contributed by atoms with Gasteiger partial charge in [-0.3, -0.25) is 19.2 Å². The van der Waals surface area contributed by atoms with Gasteiger partial charge in [0.05, 0.1) is 6.10 Å². The summed E-state index contributed by atoms with van der Waals surface area (Å²) < 4.78 is 0. The minimum Gasteiger partial charge on any atom is -0.480 e. The van der Waals surface area contributed by atoms with Crippen molar-refractivity contribution in [1.29, 1.82) is 0 Å². The van der Waals surface area contributed by atoms with Gasteiger partial charge >= 0.3 is 5.97 Å². The van der Waals surface area contributed by atoms with Crippen molar-refractivity contribution >= 4 is 36.3 Å². The number of aliphatic hydroxyl groups is 1. The van der Waals surface area contributed by atoms with E-state index in [0.717, 1.165) is 0 Å². The fraction of sp³-hybridized carbons (Fsp3) is 0.733. The lowest BCUT2D eigenvalue weighted by Gasteiger charge is -2.25. The van der Waals surface area contributed by atoms with E-state index in [2.05, 4.69) is 28.6 Å². The summed E-state index contributed by atoms with van der Waals surface area (Å²) in [6, 6.07) is -3.24. The van der Waals surface area contributed by atoms with Crippen LogP contribution >= 0.6 is 12.6 Å². The monoisotopic (exact) mass is 392 g/mol. The van der Waals surface area contributed by atoms with Gasteiger partial charge in [-0.05, 0) is 19.3 Å². The molecule has 0 aromatic rings. The standard InChI is InChI=1S/C15H28N4O6S/c1-7(2)4-9(18-15(25)12(16)8(3)20)14(24)19-10(6-26)13(23)17-5-11(21)22/h7-10,12,20,26H,4-6,16H2,1-3H3,(H,17,23)(H,18,25)(H,19,24)(H,21,22). The Bertz CT molecular complexity index is 514. The van der Waals surface area contributed by atoms with Gasteiger partial charge in [0.25, 0.3) is 0 Å². The third-order valence-electron chi connectivity index (χ3n) is 3.39. The number of thiol groups is 1. The number of nitrogens with two attached hydrogens (primary N) is 1. The predicted octanol–water partition coefficient (Wildman–Crippen LogP) is -2.16. The van der Waals surface area contributed by atoms with E-state index >= 15 is 0 Å². The van der Waals surface area contributed by atoms with Crippen molar-refractivity contribution in [3.8, 4) is 0 Å². The van der Waals surface area contributed by atoms with Crippen molar-refractivity contribution in [3.63, 3.8) is 0 Å². The number of amides is 3. The van der Waals surface area contributed by atoms with Crippen LogP contribution in [0.3, 0.4) is 0 Å². The molecule has 0 rings (SSSR count). The van der Waals surface area contributed by atoms with Crippen molar-refractivity contribution < 1.29 is 29.4 Å². The maximum atomic E-state index is 12.5. The number of carbonyl (C=O) groups excluding carboxylic acids is 3. The maximum Gasteiger partial charge on any atom is 0.322 e. The third-order valence-corrected chi connectivity index (χ3v) is 3.76. The molecule has 11 heteroatoms. The van der Waals surface area contributed by atoms with Gasteiger partial charge in [-0.25, -0.2) is 0 Å². The van der Waals surface area contributed by atoms with Crippen LogP contribution in [-0.2, 0) is 19.2 Å². The summed E-state index contributed by atoms with van der Waals surface area (Å²) in [6.45, 7) is 4.45. The first-order valence-electron chi connectivity index (χ1n) is 8.14. The molecule has 0 saturated carbocycles. The molecular weight excluding hydrogens is 364 g/mol. The molecular formula is C15H28N4O6S. The van der Waals surface area contributed by atoms with E-state index in [0.29, 0.717) is 0 Å². The largest absolute Gasteiger partial charge is 0.480 e. The van der Waals surface area contributed by atoms with Crippen LogP contribution in [0.15, 0.2) is 0 Å². The molecule has 10 nitrogen and oxygen atoms in total. The average molecular weight is 392 g/mol. The molecule has 0 bridgehead atoms. The molecule has 0 aliphatic heterocycles. The van der Waals surface area contributed by atoms with Crippen LogP contribution in [0.2, 0.25) is 0 Å². The van der Waals surface area contributed by atoms with Gasteiger partial charge < -0.3 is 31.9 Å². The summed E-state index contributed by atoms with van der Waals surface area (Å²) >= 11 is 3.98.